The van der Waals surface area contributed by atoms with Crippen molar-refractivity contribution in [3.05, 3.63) is 28.8 Å². The van der Waals surface area contributed by atoms with E-state index in [-0.39, 0.29) is 11.5 Å². The maximum absolute atomic E-state index is 11.9. The molecule has 0 heterocycles. The maximum atomic E-state index is 11.9. The van der Waals surface area contributed by atoms with Crippen molar-refractivity contribution in [1.29, 1.82) is 0 Å². The lowest BCUT2D eigenvalue weighted by Gasteiger charge is -2.19. The minimum absolute atomic E-state index is 0.228. The van der Waals surface area contributed by atoms with Crippen molar-refractivity contribution in [2.24, 2.45) is 0 Å². The van der Waals surface area contributed by atoms with Crippen LogP contribution in [0.3, 0.4) is 0 Å². The van der Waals surface area contributed by atoms with Crippen LogP contribution in [-0.2, 0) is 0 Å². The zero-order chi connectivity index (χ0) is 19.3. The topological polar surface area (TPSA) is 85.9 Å². The summed E-state index contributed by atoms with van der Waals surface area (Å²) in [4.78, 5) is 23.9. The van der Waals surface area contributed by atoms with E-state index in [0.29, 0.717) is 40.2 Å². The molecular formula is C18H21ClN2O5. The lowest BCUT2D eigenvalue weighted by Crippen LogP contribution is -2.27. The molecule has 0 bridgehead atoms. The Labute approximate surface area is 156 Å². The van der Waals surface area contributed by atoms with E-state index >= 15 is 0 Å². The summed E-state index contributed by atoms with van der Waals surface area (Å²) >= 11 is 6.11. The molecule has 2 aromatic rings. The average Bonchev–Trinajstić information content (AvgIpc) is 2.59. The van der Waals surface area contributed by atoms with E-state index in [9.17, 15) is 9.59 Å². The Kier molecular flexibility index (Phi) is 6.52. The first-order valence-corrected chi connectivity index (χ1v) is 8.51. The van der Waals surface area contributed by atoms with Gasteiger partial charge < -0.3 is 24.8 Å². The Morgan fingerprint density at radius 2 is 1.54 bits per heavy atom. The van der Waals surface area contributed by atoms with Crippen LogP contribution < -0.4 is 24.8 Å². The van der Waals surface area contributed by atoms with E-state index in [1.807, 2.05) is 0 Å². The minimum Gasteiger partial charge on any atom is -0.492 e. The van der Waals surface area contributed by atoms with Gasteiger partial charge in [0.25, 0.3) is 0 Å². The Morgan fingerprint density at radius 3 is 2.08 bits per heavy atom. The Bertz CT molecular complexity index is 838. The van der Waals surface area contributed by atoms with Crippen LogP contribution in [0.5, 0.6) is 17.2 Å². The highest BCUT2D eigenvalue weighted by Crippen LogP contribution is 2.46. The fraction of sp³-hybridized carbons (Fsp3) is 0.333. The van der Waals surface area contributed by atoms with Crippen LogP contribution in [0.2, 0.25) is 5.02 Å². The summed E-state index contributed by atoms with van der Waals surface area (Å²) < 4.78 is 16.3. The van der Waals surface area contributed by atoms with Gasteiger partial charge in [0.2, 0.25) is 0 Å². The third kappa shape index (κ3) is 4.11. The Morgan fingerprint density at radius 1 is 0.962 bits per heavy atom. The zero-order valence-corrected chi connectivity index (χ0v) is 15.8. The summed E-state index contributed by atoms with van der Waals surface area (Å²) in [6.45, 7) is 6.12. The molecule has 0 radical (unpaired) electrons. The molecule has 2 aromatic carbocycles. The van der Waals surface area contributed by atoms with Gasteiger partial charge >= 0.3 is 12.2 Å². The standard InChI is InChI=1S/C18H21ClN2O5/c1-5-20-17(22)25-14-10(3)15(24-4)16(26-18(23)21-6-2)12-8-7-11(19)9-13(12)14/h7-9H,5-6H2,1-4H3,(H,20,22)(H,21,23). The normalized spacial score (nSPS) is 10.3. The molecule has 0 saturated carbocycles. The summed E-state index contributed by atoms with van der Waals surface area (Å²) in [7, 11) is 1.45. The largest absolute Gasteiger partial charge is 0.492 e. The number of rotatable bonds is 5. The number of carbonyl (C=O) groups is 2. The van der Waals surface area contributed by atoms with E-state index in [1.54, 1.807) is 39.0 Å². The van der Waals surface area contributed by atoms with E-state index in [1.165, 1.54) is 7.11 Å². The highest BCUT2D eigenvalue weighted by atomic mass is 35.5. The molecule has 2 N–H and O–H groups in total. The first-order chi connectivity index (χ1) is 12.4. The van der Waals surface area contributed by atoms with Crippen molar-refractivity contribution in [2.45, 2.75) is 20.8 Å². The number of ether oxygens (including phenoxy) is 3. The van der Waals surface area contributed by atoms with Gasteiger partial charge in [-0.15, -0.1) is 0 Å². The molecule has 0 aliphatic carbocycles. The van der Waals surface area contributed by atoms with Gasteiger partial charge in [-0.1, -0.05) is 11.6 Å². The molecule has 0 aliphatic heterocycles. The van der Waals surface area contributed by atoms with Crippen LogP contribution in [0.25, 0.3) is 10.8 Å². The van der Waals surface area contributed by atoms with Crippen molar-refractivity contribution in [3.63, 3.8) is 0 Å². The summed E-state index contributed by atoms with van der Waals surface area (Å²) in [5, 5.41) is 6.65. The molecule has 2 rings (SSSR count). The van der Waals surface area contributed by atoms with Crippen molar-refractivity contribution in [2.75, 3.05) is 20.2 Å². The molecular weight excluding hydrogens is 360 g/mol. The highest BCUT2D eigenvalue weighted by Gasteiger charge is 2.23. The molecule has 0 fully saturated rings. The van der Waals surface area contributed by atoms with Crippen LogP contribution in [0, 0.1) is 6.92 Å². The second-order valence-corrected chi connectivity index (χ2v) is 5.78. The van der Waals surface area contributed by atoms with Crippen molar-refractivity contribution < 1.29 is 23.8 Å². The number of benzene rings is 2. The predicted octanol–water partition coefficient (Wildman–Crippen LogP) is 4.03. The summed E-state index contributed by atoms with van der Waals surface area (Å²) in [5.74, 6) is 0.810. The van der Waals surface area contributed by atoms with Gasteiger partial charge in [-0.2, -0.15) is 0 Å². The number of methoxy groups -OCH3 is 1. The van der Waals surface area contributed by atoms with Crippen LogP contribution in [0.15, 0.2) is 18.2 Å². The van der Waals surface area contributed by atoms with E-state index in [4.69, 9.17) is 25.8 Å². The van der Waals surface area contributed by atoms with E-state index in [0.717, 1.165) is 0 Å². The van der Waals surface area contributed by atoms with Crippen molar-refractivity contribution in [1.82, 2.24) is 10.6 Å². The lowest BCUT2D eigenvalue weighted by atomic mass is 10.0. The van der Waals surface area contributed by atoms with Crippen molar-refractivity contribution >= 4 is 34.6 Å². The van der Waals surface area contributed by atoms with Gasteiger partial charge in [-0.05, 0) is 39.0 Å². The van der Waals surface area contributed by atoms with Crippen LogP contribution in [-0.4, -0.2) is 32.4 Å². The Hall–Kier alpha value is -2.67. The fourth-order valence-electron chi connectivity index (χ4n) is 2.52. The quantitative estimate of drug-likeness (QED) is 0.817. The summed E-state index contributed by atoms with van der Waals surface area (Å²) in [6, 6.07) is 4.97. The molecule has 0 unspecified atom stereocenters. The minimum atomic E-state index is -0.612. The van der Waals surface area contributed by atoms with Crippen LogP contribution in [0.1, 0.15) is 19.4 Å². The molecule has 0 aromatic heterocycles. The number of halogens is 1. The molecule has 140 valence electrons. The third-order valence-electron chi connectivity index (χ3n) is 3.59. The predicted molar refractivity (Wildman–Crippen MR) is 99.6 cm³/mol. The monoisotopic (exact) mass is 380 g/mol. The number of fused-ring (bicyclic) bond motifs is 1. The van der Waals surface area contributed by atoms with Crippen molar-refractivity contribution in [3.8, 4) is 17.2 Å². The molecule has 0 saturated heterocycles. The molecule has 0 spiro atoms. The van der Waals surface area contributed by atoms with Gasteiger partial charge in [0.05, 0.1) is 7.11 Å². The van der Waals surface area contributed by atoms with E-state index < -0.39 is 12.2 Å². The maximum Gasteiger partial charge on any atom is 0.412 e. The molecule has 8 heteroatoms. The number of amides is 2. The molecule has 26 heavy (non-hydrogen) atoms. The summed E-state index contributed by atoms with van der Waals surface area (Å²) in [6.07, 6.45) is -1.21. The van der Waals surface area contributed by atoms with Gasteiger partial charge in [0.15, 0.2) is 11.5 Å². The molecule has 2 amide bonds. The Balaban J connectivity index is 2.69. The second-order valence-electron chi connectivity index (χ2n) is 5.35. The molecule has 0 aliphatic rings. The smallest absolute Gasteiger partial charge is 0.412 e. The average molecular weight is 381 g/mol. The molecule has 0 atom stereocenters. The summed E-state index contributed by atoms with van der Waals surface area (Å²) in [5.41, 5.74) is 0.507. The first-order valence-electron chi connectivity index (χ1n) is 8.14. The number of carbonyl (C=O) groups excluding carboxylic acids is 2. The number of nitrogens with one attached hydrogen (secondary N) is 2. The third-order valence-corrected chi connectivity index (χ3v) is 3.83. The molecule has 7 nitrogen and oxygen atoms in total. The van der Waals surface area contributed by atoms with Gasteiger partial charge in [0.1, 0.15) is 5.75 Å². The first kappa shape index (κ1) is 19.7. The van der Waals surface area contributed by atoms with Gasteiger partial charge in [-0.3, -0.25) is 0 Å². The van der Waals surface area contributed by atoms with Gasteiger partial charge in [0, 0.05) is 34.4 Å². The highest BCUT2D eigenvalue weighted by molar-refractivity contribution is 6.31. The zero-order valence-electron chi connectivity index (χ0n) is 15.1. The number of hydrogen-bond acceptors (Lipinski definition) is 5. The van der Waals surface area contributed by atoms with Gasteiger partial charge in [-0.25, -0.2) is 9.59 Å². The second kappa shape index (κ2) is 8.62. The number of hydrogen-bond donors (Lipinski definition) is 2. The van der Waals surface area contributed by atoms with E-state index in [2.05, 4.69) is 10.6 Å². The van der Waals surface area contributed by atoms with Crippen LogP contribution >= 0.6 is 11.6 Å². The SMILES string of the molecule is CCNC(=O)Oc1c(C)c(OC)c(OC(=O)NCC)c2ccc(Cl)cc12. The lowest BCUT2D eigenvalue weighted by molar-refractivity contribution is 0.197. The fourth-order valence-corrected chi connectivity index (χ4v) is 2.70. The van der Waals surface area contributed by atoms with Crippen LogP contribution in [0.4, 0.5) is 9.59 Å².